The summed E-state index contributed by atoms with van der Waals surface area (Å²) in [5.74, 6) is 1.57. The molecule has 7 heteroatoms. The number of hydrogen-bond acceptors (Lipinski definition) is 5. The van der Waals surface area contributed by atoms with Gasteiger partial charge in [0.2, 0.25) is 0 Å². The number of fused-ring (bicyclic) bond motifs is 1. The number of aryl methyl sites for hydroxylation is 1. The van der Waals surface area contributed by atoms with E-state index >= 15 is 0 Å². The molecule has 4 rings (SSSR count). The van der Waals surface area contributed by atoms with Gasteiger partial charge in [-0.1, -0.05) is 29.8 Å². The van der Waals surface area contributed by atoms with E-state index in [-0.39, 0.29) is 0 Å². The smallest absolute Gasteiger partial charge is 0.168 e. The van der Waals surface area contributed by atoms with Crippen molar-refractivity contribution in [3.8, 4) is 11.4 Å². The molecule has 1 N–H and O–H groups in total. The molecule has 0 atom stereocenters. The molecule has 6 nitrogen and oxygen atoms in total. The summed E-state index contributed by atoms with van der Waals surface area (Å²) in [5, 5.41) is 9.38. The Morgan fingerprint density at radius 1 is 1.11 bits per heavy atom. The second-order valence-electron chi connectivity index (χ2n) is 6.15. The topological polar surface area (TPSA) is 64.9 Å². The predicted molar refractivity (Wildman–Crippen MR) is 107 cm³/mol. The average Bonchev–Trinajstić information content (AvgIpc) is 3.13. The fourth-order valence-electron chi connectivity index (χ4n) is 2.82. The molecule has 0 aliphatic heterocycles. The first-order valence-electron chi connectivity index (χ1n) is 8.48. The Morgan fingerprint density at radius 2 is 1.93 bits per heavy atom. The summed E-state index contributed by atoms with van der Waals surface area (Å²) in [6.07, 6.45) is 3.30. The van der Waals surface area contributed by atoms with E-state index in [4.69, 9.17) is 16.3 Å². The standard InChI is InChI=1S/C20H18ClN5O/c1-13-3-6-15(9-18(13)21)26-20-17(11-25-26)19(23-12-24-20)22-10-14-4-7-16(27-2)8-5-14/h3-9,11-12H,10H2,1-2H3,(H,22,23,24). The van der Waals surface area contributed by atoms with Gasteiger partial charge < -0.3 is 10.1 Å². The fraction of sp³-hybridized carbons (Fsp3) is 0.150. The number of halogens is 1. The van der Waals surface area contributed by atoms with Crippen LogP contribution in [0.4, 0.5) is 5.82 Å². The van der Waals surface area contributed by atoms with Crippen molar-refractivity contribution in [3.05, 3.63) is 71.1 Å². The second kappa shape index (κ2) is 7.25. The zero-order valence-electron chi connectivity index (χ0n) is 15.0. The van der Waals surface area contributed by atoms with Crippen LogP contribution in [0.15, 0.2) is 55.0 Å². The van der Waals surface area contributed by atoms with Gasteiger partial charge >= 0.3 is 0 Å². The second-order valence-corrected chi connectivity index (χ2v) is 6.56. The summed E-state index contributed by atoms with van der Waals surface area (Å²) in [5.41, 5.74) is 3.73. The Morgan fingerprint density at radius 3 is 2.67 bits per heavy atom. The van der Waals surface area contributed by atoms with Gasteiger partial charge in [-0.25, -0.2) is 14.6 Å². The van der Waals surface area contributed by atoms with E-state index in [2.05, 4.69) is 20.4 Å². The minimum absolute atomic E-state index is 0.637. The first kappa shape index (κ1) is 17.3. The van der Waals surface area contributed by atoms with E-state index in [0.29, 0.717) is 11.6 Å². The van der Waals surface area contributed by atoms with Gasteiger partial charge in [-0.05, 0) is 42.3 Å². The molecule has 0 radical (unpaired) electrons. The Hall–Kier alpha value is -3.12. The van der Waals surface area contributed by atoms with E-state index in [0.717, 1.165) is 39.4 Å². The van der Waals surface area contributed by atoms with Crippen molar-refractivity contribution in [2.75, 3.05) is 12.4 Å². The largest absolute Gasteiger partial charge is 0.497 e. The molecule has 136 valence electrons. The highest BCUT2D eigenvalue weighted by Gasteiger charge is 2.12. The normalized spacial score (nSPS) is 10.9. The minimum atomic E-state index is 0.637. The SMILES string of the molecule is COc1ccc(CNc2ncnc3c2cnn3-c2ccc(C)c(Cl)c2)cc1. The van der Waals surface area contributed by atoms with Crippen LogP contribution in [0.2, 0.25) is 5.02 Å². The first-order valence-corrected chi connectivity index (χ1v) is 8.85. The molecule has 0 amide bonds. The van der Waals surface area contributed by atoms with Crippen LogP contribution in [-0.4, -0.2) is 26.9 Å². The monoisotopic (exact) mass is 379 g/mol. The number of methoxy groups -OCH3 is 1. The van der Waals surface area contributed by atoms with E-state index in [1.807, 2.05) is 49.4 Å². The molecule has 2 heterocycles. The van der Waals surface area contributed by atoms with Crippen LogP contribution in [-0.2, 0) is 6.54 Å². The lowest BCUT2D eigenvalue weighted by Crippen LogP contribution is -2.03. The third-order valence-electron chi connectivity index (χ3n) is 4.38. The number of aromatic nitrogens is 4. The van der Waals surface area contributed by atoms with Gasteiger partial charge in [0.15, 0.2) is 5.65 Å². The molecule has 0 saturated heterocycles. The van der Waals surface area contributed by atoms with Gasteiger partial charge in [0.1, 0.15) is 17.9 Å². The average molecular weight is 380 g/mol. The number of ether oxygens (including phenoxy) is 1. The molecule has 0 aliphatic rings. The van der Waals surface area contributed by atoms with Crippen LogP contribution in [0.1, 0.15) is 11.1 Å². The molecular weight excluding hydrogens is 362 g/mol. The molecule has 0 bridgehead atoms. The number of nitrogens with one attached hydrogen (secondary N) is 1. The Labute approximate surface area is 161 Å². The molecule has 4 aromatic rings. The number of anilines is 1. The highest BCUT2D eigenvalue weighted by molar-refractivity contribution is 6.31. The number of nitrogens with zero attached hydrogens (tertiary/aromatic N) is 4. The highest BCUT2D eigenvalue weighted by atomic mass is 35.5. The zero-order chi connectivity index (χ0) is 18.8. The number of rotatable bonds is 5. The van der Waals surface area contributed by atoms with Gasteiger partial charge in [-0.3, -0.25) is 0 Å². The number of hydrogen-bond donors (Lipinski definition) is 1. The van der Waals surface area contributed by atoms with E-state index < -0.39 is 0 Å². The Bertz CT molecular complexity index is 1090. The summed E-state index contributed by atoms with van der Waals surface area (Å²) in [6, 6.07) is 13.7. The quantitative estimate of drug-likeness (QED) is 0.556. The zero-order valence-corrected chi connectivity index (χ0v) is 15.7. The van der Waals surface area contributed by atoms with E-state index in [1.54, 1.807) is 18.0 Å². The van der Waals surface area contributed by atoms with Crippen molar-refractivity contribution in [3.63, 3.8) is 0 Å². The lowest BCUT2D eigenvalue weighted by atomic mass is 10.2. The third-order valence-corrected chi connectivity index (χ3v) is 4.79. The highest BCUT2D eigenvalue weighted by Crippen LogP contribution is 2.25. The van der Waals surface area contributed by atoms with Gasteiger partial charge in [0.25, 0.3) is 0 Å². The Kier molecular flexibility index (Phi) is 4.64. The van der Waals surface area contributed by atoms with Gasteiger partial charge in [0, 0.05) is 11.6 Å². The van der Waals surface area contributed by atoms with Crippen molar-refractivity contribution in [1.82, 2.24) is 19.7 Å². The molecule has 0 aliphatic carbocycles. The molecule has 27 heavy (non-hydrogen) atoms. The molecule has 0 unspecified atom stereocenters. The summed E-state index contributed by atoms with van der Waals surface area (Å²) < 4.78 is 6.95. The van der Waals surface area contributed by atoms with Crippen LogP contribution < -0.4 is 10.1 Å². The molecule has 2 aromatic heterocycles. The van der Waals surface area contributed by atoms with Gasteiger partial charge in [-0.2, -0.15) is 5.10 Å². The van der Waals surface area contributed by atoms with Gasteiger partial charge in [0.05, 0.1) is 24.4 Å². The molecule has 2 aromatic carbocycles. The van der Waals surface area contributed by atoms with Crippen molar-refractivity contribution in [2.45, 2.75) is 13.5 Å². The third kappa shape index (κ3) is 3.44. The van der Waals surface area contributed by atoms with Gasteiger partial charge in [-0.15, -0.1) is 0 Å². The predicted octanol–water partition coefficient (Wildman–Crippen LogP) is 4.40. The number of benzene rings is 2. The van der Waals surface area contributed by atoms with Crippen molar-refractivity contribution < 1.29 is 4.74 Å². The maximum Gasteiger partial charge on any atom is 0.168 e. The summed E-state index contributed by atoms with van der Waals surface area (Å²) in [6.45, 7) is 2.61. The first-order chi connectivity index (χ1) is 13.2. The Balaban J connectivity index is 1.62. The molecular formula is C20H18ClN5O. The lowest BCUT2D eigenvalue weighted by molar-refractivity contribution is 0.414. The van der Waals surface area contributed by atoms with Crippen LogP contribution in [0, 0.1) is 6.92 Å². The van der Waals surface area contributed by atoms with Crippen molar-refractivity contribution >= 4 is 28.5 Å². The van der Waals surface area contributed by atoms with Crippen molar-refractivity contribution in [2.24, 2.45) is 0 Å². The van der Waals surface area contributed by atoms with Crippen LogP contribution in [0.25, 0.3) is 16.7 Å². The lowest BCUT2D eigenvalue weighted by Gasteiger charge is -2.08. The summed E-state index contributed by atoms with van der Waals surface area (Å²) in [7, 11) is 1.66. The minimum Gasteiger partial charge on any atom is -0.497 e. The van der Waals surface area contributed by atoms with E-state index in [9.17, 15) is 0 Å². The van der Waals surface area contributed by atoms with Crippen LogP contribution in [0.5, 0.6) is 5.75 Å². The van der Waals surface area contributed by atoms with Crippen LogP contribution >= 0.6 is 11.6 Å². The molecule has 0 spiro atoms. The van der Waals surface area contributed by atoms with Crippen LogP contribution in [0.3, 0.4) is 0 Å². The van der Waals surface area contributed by atoms with Crippen molar-refractivity contribution in [1.29, 1.82) is 0 Å². The summed E-state index contributed by atoms with van der Waals surface area (Å²) >= 11 is 6.26. The van der Waals surface area contributed by atoms with E-state index in [1.165, 1.54) is 6.33 Å². The summed E-state index contributed by atoms with van der Waals surface area (Å²) in [4.78, 5) is 8.77. The molecule has 0 saturated carbocycles. The molecule has 0 fully saturated rings. The maximum absolute atomic E-state index is 6.26. The fourth-order valence-corrected chi connectivity index (χ4v) is 2.99. The maximum atomic E-state index is 6.26.